The van der Waals surface area contributed by atoms with Crippen LogP contribution in [0.4, 0.5) is 0 Å². The normalized spacial score (nSPS) is 10.3. The lowest BCUT2D eigenvalue weighted by Gasteiger charge is -2.04. The average molecular weight is 232 g/mol. The monoisotopic (exact) mass is 231 g/mol. The fraction of sp³-hybridized carbons (Fsp3) is 0.556. The van der Waals surface area contributed by atoms with Crippen LogP contribution in [-0.4, -0.2) is 22.3 Å². The number of nitrogens with one attached hydrogen (secondary N) is 1. The van der Waals surface area contributed by atoms with Crippen molar-refractivity contribution in [2.75, 3.05) is 6.61 Å². The van der Waals surface area contributed by atoms with E-state index in [1.165, 1.54) is 10.7 Å². The minimum atomic E-state index is -0.340. The number of hydrogen-bond donors (Lipinski definition) is 1. The van der Waals surface area contributed by atoms with Gasteiger partial charge in [0.1, 0.15) is 5.69 Å². The maximum absolute atomic E-state index is 11.5. The van der Waals surface area contributed by atoms with Gasteiger partial charge in [-0.1, -0.05) is 24.9 Å². The van der Waals surface area contributed by atoms with Crippen LogP contribution in [-0.2, 0) is 11.9 Å². The summed E-state index contributed by atoms with van der Waals surface area (Å²) < 4.78 is 1.40. The van der Waals surface area contributed by atoms with E-state index < -0.39 is 0 Å². The van der Waals surface area contributed by atoms with Crippen molar-refractivity contribution in [1.82, 2.24) is 15.3 Å². The first-order valence-corrected chi connectivity index (χ1v) is 5.14. The van der Waals surface area contributed by atoms with Crippen molar-refractivity contribution in [3.05, 3.63) is 16.9 Å². The molecule has 1 rings (SSSR count). The van der Waals surface area contributed by atoms with E-state index in [1.54, 1.807) is 7.05 Å². The third-order valence-corrected chi connectivity index (χ3v) is 2.03. The molecule has 0 aliphatic carbocycles. The summed E-state index contributed by atoms with van der Waals surface area (Å²) in [7, 11) is 1.65. The lowest BCUT2D eigenvalue weighted by molar-refractivity contribution is 0.0294. The molecule has 0 saturated heterocycles. The van der Waals surface area contributed by atoms with Gasteiger partial charge >= 0.3 is 0 Å². The van der Waals surface area contributed by atoms with Crippen LogP contribution in [0.5, 0.6) is 0 Å². The number of amides is 1. The van der Waals surface area contributed by atoms with Gasteiger partial charge in [-0.25, -0.2) is 5.48 Å². The molecule has 0 fully saturated rings. The summed E-state index contributed by atoms with van der Waals surface area (Å²) >= 11 is 5.64. The molecule has 0 bridgehead atoms. The highest BCUT2D eigenvalue weighted by molar-refractivity contribution is 6.29. The van der Waals surface area contributed by atoms with Gasteiger partial charge < -0.3 is 0 Å². The van der Waals surface area contributed by atoms with E-state index in [4.69, 9.17) is 16.4 Å². The number of hydrogen-bond acceptors (Lipinski definition) is 3. The number of rotatable bonds is 5. The molecule has 0 aliphatic heterocycles. The van der Waals surface area contributed by atoms with Crippen LogP contribution in [0.25, 0.3) is 0 Å². The summed E-state index contributed by atoms with van der Waals surface area (Å²) in [5.41, 5.74) is 2.70. The first-order valence-electron chi connectivity index (χ1n) is 4.76. The maximum Gasteiger partial charge on any atom is 0.293 e. The molecule has 1 N–H and O–H groups in total. The zero-order chi connectivity index (χ0) is 11.3. The van der Waals surface area contributed by atoms with Crippen molar-refractivity contribution < 1.29 is 9.63 Å². The molecule has 0 aromatic carbocycles. The van der Waals surface area contributed by atoms with E-state index in [9.17, 15) is 4.79 Å². The molecule has 5 nitrogen and oxygen atoms in total. The number of hydroxylamine groups is 1. The van der Waals surface area contributed by atoms with E-state index in [0.29, 0.717) is 12.3 Å². The molecule has 84 valence electrons. The smallest absolute Gasteiger partial charge is 0.273 e. The molecular formula is C9H14ClN3O2. The van der Waals surface area contributed by atoms with Gasteiger partial charge in [0.25, 0.3) is 5.91 Å². The van der Waals surface area contributed by atoms with Crippen LogP contribution < -0.4 is 5.48 Å². The van der Waals surface area contributed by atoms with Crippen LogP contribution in [0.15, 0.2) is 6.07 Å². The third kappa shape index (κ3) is 3.53. The highest BCUT2D eigenvalue weighted by atomic mass is 35.5. The van der Waals surface area contributed by atoms with E-state index in [0.717, 1.165) is 12.8 Å². The summed E-state index contributed by atoms with van der Waals surface area (Å²) in [5, 5.41) is 4.13. The average Bonchev–Trinajstić information content (AvgIpc) is 2.52. The van der Waals surface area contributed by atoms with Crippen LogP contribution in [0.1, 0.15) is 30.3 Å². The highest BCUT2D eigenvalue weighted by Gasteiger charge is 2.11. The summed E-state index contributed by atoms with van der Waals surface area (Å²) in [5.74, 6) is -0.340. The van der Waals surface area contributed by atoms with E-state index in [-0.39, 0.29) is 11.1 Å². The second-order valence-corrected chi connectivity index (χ2v) is 3.50. The Morgan fingerprint density at radius 2 is 2.47 bits per heavy atom. The van der Waals surface area contributed by atoms with Crippen LogP contribution in [0, 0.1) is 0 Å². The van der Waals surface area contributed by atoms with Gasteiger partial charge in [-0.05, 0) is 6.42 Å². The summed E-state index contributed by atoms with van der Waals surface area (Å²) in [6.07, 6.45) is 1.93. The molecular weight excluding hydrogens is 218 g/mol. The number of carbonyl (C=O) groups is 1. The summed E-state index contributed by atoms with van der Waals surface area (Å²) in [6, 6.07) is 1.49. The minimum absolute atomic E-state index is 0.288. The lowest BCUT2D eigenvalue weighted by Crippen LogP contribution is -2.26. The molecule has 1 aromatic heterocycles. The number of aromatic nitrogens is 2. The zero-order valence-corrected chi connectivity index (χ0v) is 9.54. The Hall–Kier alpha value is -1.07. The van der Waals surface area contributed by atoms with E-state index in [1.807, 2.05) is 6.92 Å². The van der Waals surface area contributed by atoms with Gasteiger partial charge in [-0.3, -0.25) is 14.3 Å². The Bertz CT molecular complexity index is 338. The maximum atomic E-state index is 11.5. The van der Waals surface area contributed by atoms with Crippen LogP contribution in [0.2, 0.25) is 5.15 Å². The number of unbranched alkanes of at least 4 members (excludes halogenated alkanes) is 1. The first-order chi connectivity index (χ1) is 7.15. The second-order valence-electron chi connectivity index (χ2n) is 3.11. The molecule has 6 heteroatoms. The Kier molecular flexibility index (Phi) is 4.58. The number of carbonyl (C=O) groups excluding carboxylic acids is 1. The molecule has 1 aromatic rings. The second kappa shape index (κ2) is 5.72. The third-order valence-electron chi connectivity index (χ3n) is 1.85. The topological polar surface area (TPSA) is 56.1 Å². The SMILES string of the molecule is CCCCONC(=O)c1cc(Cl)nn1C. The predicted octanol–water partition coefficient (Wildman–Crippen LogP) is 1.54. The Morgan fingerprint density at radius 1 is 1.73 bits per heavy atom. The van der Waals surface area contributed by atoms with Crippen LogP contribution >= 0.6 is 11.6 Å². The standard InChI is InChI=1S/C9H14ClN3O2/c1-3-4-5-15-12-9(14)7-6-8(10)11-13(7)2/h6H,3-5H2,1-2H3,(H,12,14). The minimum Gasteiger partial charge on any atom is -0.273 e. The van der Waals surface area contributed by atoms with Gasteiger partial charge in [0.15, 0.2) is 5.15 Å². The van der Waals surface area contributed by atoms with Crippen molar-refractivity contribution in [1.29, 1.82) is 0 Å². The largest absolute Gasteiger partial charge is 0.293 e. The van der Waals surface area contributed by atoms with Crippen molar-refractivity contribution in [3.8, 4) is 0 Å². The highest BCUT2D eigenvalue weighted by Crippen LogP contribution is 2.07. The fourth-order valence-electron chi connectivity index (χ4n) is 1.03. The van der Waals surface area contributed by atoms with E-state index in [2.05, 4.69) is 10.6 Å². The molecule has 0 radical (unpaired) electrons. The van der Waals surface area contributed by atoms with Crippen molar-refractivity contribution in [2.45, 2.75) is 19.8 Å². The molecule has 0 saturated carbocycles. The molecule has 15 heavy (non-hydrogen) atoms. The van der Waals surface area contributed by atoms with Crippen LogP contribution in [0.3, 0.4) is 0 Å². The lowest BCUT2D eigenvalue weighted by atomic mass is 10.4. The molecule has 0 aliphatic rings. The van der Waals surface area contributed by atoms with Crippen molar-refractivity contribution >= 4 is 17.5 Å². The number of aryl methyl sites for hydroxylation is 1. The van der Waals surface area contributed by atoms with Crippen molar-refractivity contribution in [2.24, 2.45) is 7.05 Å². The van der Waals surface area contributed by atoms with Gasteiger partial charge in [-0.2, -0.15) is 5.10 Å². The fourth-order valence-corrected chi connectivity index (χ4v) is 1.25. The number of halogens is 1. The zero-order valence-electron chi connectivity index (χ0n) is 8.79. The molecule has 1 heterocycles. The summed E-state index contributed by atoms with van der Waals surface area (Å²) in [4.78, 5) is 16.5. The van der Waals surface area contributed by atoms with E-state index >= 15 is 0 Å². The van der Waals surface area contributed by atoms with Gasteiger partial charge in [-0.15, -0.1) is 0 Å². The molecule has 1 amide bonds. The Morgan fingerprint density at radius 3 is 3.00 bits per heavy atom. The van der Waals surface area contributed by atoms with Gasteiger partial charge in [0.2, 0.25) is 0 Å². The quantitative estimate of drug-likeness (QED) is 0.618. The van der Waals surface area contributed by atoms with Gasteiger partial charge in [0.05, 0.1) is 6.61 Å². The Labute approximate surface area is 93.3 Å². The molecule has 0 unspecified atom stereocenters. The first kappa shape index (κ1) is 12.0. The number of nitrogens with zero attached hydrogens (tertiary/aromatic N) is 2. The van der Waals surface area contributed by atoms with Crippen molar-refractivity contribution in [3.63, 3.8) is 0 Å². The Balaban J connectivity index is 2.43. The molecule has 0 spiro atoms. The predicted molar refractivity (Wildman–Crippen MR) is 56.5 cm³/mol. The summed E-state index contributed by atoms with van der Waals surface area (Å²) in [6.45, 7) is 2.56. The molecule has 0 atom stereocenters. The van der Waals surface area contributed by atoms with Gasteiger partial charge in [0, 0.05) is 13.1 Å².